The highest BCUT2D eigenvalue weighted by Gasteiger charge is 2.38. The lowest BCUT2D eigenvalue weighted by atomic mass is 9.87. The van der Waals surface area contributed by atoms with Crippen LogP contribution in [0, 0.1) is 0 Å². The second-order valence-corrected chi connectivity index (χ2v) is 9.03. The summed E-state index contributed by atoms with van der Waals surface area (Å²) in [5, 5.41) is 3.52. The summed E-state index contributed by atoms with van der Waals surface area (Å²) in [6.45, 7) is 8.99. The number of likely N-dealkylation sites (N-methyl/N-ethyl adjacent to an activating group) is 1. The predicted molar refractivity (Wildman–Crippen MR) is 118 cm³/mol. The summed E-state index contributed by atoms with van der Waals surface area (Å²) in [5.41, 5.74) is 0. The molecule has 0 radical (unpaired) electrons. The molecule has 1 N–H and O–H groups in total. The molecular formula is C18H35IN4OS. The van der Waals surface area contributed by atoms with Crippen molar-refractivity contribution < 1.29 is 4.74 Å². The van der Waals surface area contributed by atoms with Crippen LogP contribution < -0.4 is 5.32 Å². The molecular weight excluding hydrogens is 447 g/mol. The van der Waals surface area contributed by atoms with E-state index in [0.29, 0.717) is 4.75 Å². The Kier molecular flexibility index (Phi) is 9.11. The van der Waals surface area contributed by atoms with Crippen LogP contribution in [0.25, 0.3) is 0 Å². The van der Waals surface area contributed by atoms with Crippen LogP contribution in [-0.2, 0) is 4.74 Å². The topological polar surface area (TPSA) is 40.1 Å². The summed E-state index contributed by atoms with van der Waals surface area (Å²) < 4.78 is 6.36. The minimum absolute atomic E-state index is 0. The van der Waals surface area contributed by atoms with E-state index >= 15 is 0 Å². The van der Waals surface area contributed by atoms with Gasteiger partial charge in [-0.2, -0.15) is 11.8 Å². The number of rotatable bonds is 3. The Morgan fingerprint density at radius 1 is 1.28 bits per heavy atom. The molecule has 2 aliphatic heterocycles. The van der Waals surface area contributed by atoms with E-state index in [9.17, 15) is 0 Å². The Morgan fingerprint density at radius 3 is 2.80 bits per heavy atom. The quantitative estimate of drug-likeness (QED) is 0.381. The molecule has 3 rings (SSSR count). The zero-order valence-electron chi connectivity index (χ0n) is 15.8. The number of morpholine rings is 1. The SMILES string of the molecule is CCNC(=NCC1CN(C)CCO1)N1CCSC2(CCCCC2)C1.I. The maximum atomic E-state index is 5.87. The predicted octanol–water partition coefficient (Wildman–Crippen LogP) is 2.65. The monoisotopic (exact) mass is 482 g/mol. The molecule has 7 heteroatoms. The lowest BCUT2D eigenvalue weighted by Gasteiger charge is -2.45. The van der Waals surface area contributed by atoms with Crippen molar-refractivity contribution in [2.75, 3.05) is 58.7 Å². The van der Waals surface area contributed by atoms with E-state index in [1.807, 2.05) is 0 Å². The highest BCUT2D eigenvalue weighted by Crippen LogP contribution is 2.42. The first kappa shape index (κ1) is 21.6. The fraction of sp³-hybridized carbons (Fsp3) is 0.944. The molecule has 0 amide bonds. The van der Waals surface area contributed by atoms with E-state index in [-0.39, 0.29) is 30.1 Å². The van der Waals surface area contributed by atoms with Gasteiger partial charge in [-0.25, -0.2) is 0 Å². The lowest BCUT2D eigenvalue weighted by molar-refractivity contribution is -0.0137. The number of ether oxygens (including phenoxy) is 1. The Morgan fingerprint density at radius 2 is 2.08 bits per heavy atom. The first-order chi connectivity index (χ1) is 11.7. The molecule has 3 aliphatic rings. The van der Waals surface area contributed by atoms with E-state index in [1.165, 1.54) is 37.9 Å². The average Bonchev–Trinajstić information content (AvgIpc) is 2.59. The van der Waals surface area contributed by atoms with Crippen LogP contribution >= 0.6 is 35.7 Å². The van der Waals surface area contributed by atoms with E-state index in [4.69, 9.17) is 9.73 Å². The summed E-state index contributed by atoms with van der Waals surface area (Å²) in [6, 6.07) is 0. The molecule has 1 spiro atoms. The third-order valence-electron chi connectivity index (χ3n) is 5.43. The lowest BCUT2D eigenvalue weighted by Crippen LogP contribution is -2.53. The molecule has 25 heavy (non-hydrogen) atoms. The van der Waals surface area contributed by atoms with Crippen LogP contribution in [0.5, 0.6) is 0 Å². The van der Waals surface area contributed by atoms with Crippen LogP contribution in [0.4, 0.5) is 0 Å². The number of nitrogens with zero attached hydrogens (tertiary/aromatic N) is 3. The van der Waals surface area contributed by atoms with Gasteiger partial charge in [0.2, 0.25) is 0 Å². The molecule has 5 nitrogen and oxygen atoms in total. The van der Waals surface area contributed by atoms with Gasteiger partial charge in [-0.05, 0) is 26.8 Å². The molecule has 1 unspecified atom stereocenters. The summed E-state index contributed by atoms with van der Waals surface area (Å²) >= 11 is 2.22. The number of thioether (sulfide) groups is 1. The highest BCUT2D eigenvalue weighted by molar-refractivity contribution is 14.0. The molecule has 3 fully saturated rings. The number of guanidine groups is 1. The van der Waals surface area contributed by atoms with Gasteiger partial charge in [0.15, 0.2) is 5.96 Å². The van der Waals surface area contributed by atoms with Gasteiger partial charge in [-0.1, -0.05) is 19.3 Å². The van der Waals surface area contributed by atoms with Crippen molar-refractivity contribution in [1.29, 1.82) is 0 Å². The van der Waals surface area contributed by atoms with E-state index < -0.39 is 0 Å². The van der Waals surface area contributed by atoms with Gasteiger partial charge in [0.05, 0.1) is 19.3 Å². The molecule has 1 atom stereocenters. The summed E-state index contributed by atoms with van der Waals surface area (Å²) in [5.74, 6) is 2.33. The van der Waals surface area contributed by atoms with E-state index in [0.717, 1.165) is 51.8 Å². The standard InChI is InChI=1S/C18H34N4OS.HI/c1-3-19-17(20-13-16-14-21(2)9-11-23-16)22-10-12-24-18(15-22)7-5-4-6-8-18;/h16H,3-15H2,1-2H3,(H,19,20);1H. The zero-order chi connectivity index (χ0) is 16.8. The molecule has 0 aromatic heterocycles. The van der Waals surface area contributed by atoms with Gasteiger partial charge in [-0.15, -0.1) is 24.0 Å². The number of halogens is 1. The van der Waals surface area contributed by atoms with Crippen LogP contribution in [-0.4, -0.2) is 85.3 Å². The van der Waals surface area contributed by atoms with Crippen molar-refractivity contribution in [1.82, 2.24) is 15.1 Å². The zero-order valence-corrected chi connectivity index (χ0v) is 19.0. The van der Waals surface area contributed by atoms with Gasteiger partial charge in [0.1, 0.15) is 0 Å². The first-order valence-electron chi connectivity index (χ1n) is 9.68. The molecule has 2 heterocycles. The number of nitrogens with one attached hydrogen (secondary N) is 1. The molecule has 1 saturated carbocycles. The van der Waals surface area contributed by atoms with Crippen LogP contribution in [0.3, 0.4) is 0 Å². The number of hydrogen-bond donors (Lipinski definition) is 1. The highest BCUT2D eigenvalue weighted by atomic mass is 127. The van der Waals surface area contributed by atoms with Crippen molar-refractivity contribution in [3.63, 3.8) is 0 Å². The molecule has 146 valence electrons. The minimum Gasteiger partial charge on any atom is -0.374 e. The Labute approximate surface area is 174 Å². The Balaban J connectivity index is 0.00000225. The van der Waals surface area contributed by atoms with Crippen LogP contribution in [0.1, 0.15) is 39.0 Å². The molecule has 1 aliphatic carbocycles. The summed E-state index contributed by atoms with van der Waals surface area (Å²) in [4.78, 5) is 9.79. The Hall–Kier alpha value is 0.270. The summed E-state index contributed by atoms with van der Waals surface area (Å²) in [7, 11) is 2.17. The van der Waals surface area contributed by atoms with Crippen molar-refractivity contribution in [2.24, 2.45) is 4.99 Å². The fourth-order valence-electron chi connectivity index (χ4n) is 4.12. The van der Waals surface area contributed by atoms with E-state index in [2.05, 4.69) is 40.8 Å². The summed E-state index contributed by atoms with van der Waals surface area (Å²) in [6.07, 6.45) is 7.21. The second kappa shape index (κ2) is 10.6. The van der Waals surface area contributed by atoms with Gasteiger partial charge < -0.3 is 19.9 Å². The van der Waals surface area contributed by atoms with Gasteiger partial charge >= 0.3 is 0 Å². The van der Waals surface area contributed by atoms with E-state index in [1.54, 1.807) is 0 Å². The average molecular weight is 482 g/mol. The maximum absolute atomic E-state index is 5.87. The molecule has 0 aromatic carbocycles. The van der Waals surface area contributed by atoms with Gasteiger partial charge in [-0.3, -0.25) is 4.99 Å². The van der Waals surface area contributed by atoms with Gasteiger partial charge in [0, 0.05) is 43.2 Å². The normalized spacial score (nSPS) is 27.8. The molecule has 0 bridgehead atoms. The number of aliphatic imine (C=N–C) groups is 1. The van der Waals surface area contributed by atoms with Crippen molar-refractivity contribution in [3.05, 3.63) is 0 Å². The van der Waals surface area contributed by atoms with Crippen LogP contribution in [0.15, 0.2) is 4.99 Å². The largest absolute Gasteiger partial charge is 0.374 e. The van der Waals surface area contributed by atoms with Gasteiger partial charge in [0.25, 0.3) is 0 Å². The van der Waals surface area contributed by atoms with Crippen molar-refractivity contribution in [2.45, 2.75) is 49.9 Å². The maximum Gasteiger partial charge on any atom is 0.194 e. The van der Waals surface area contributed by atoms with Crippen molar-refractivity contribution in [3.8, 4) is 0 Å². The van der Waals surface area contributed by atoms with Crippen LogP contribution in [0.2, 0.25) is 0 Å². The third-order valence-corrected chi connectivity index (χ3v) is 6.97. The minimum atomic E-state index is 0. The van der Waals surface area contributed by atoms with Crippen molar-refractivity contribution >= 4 is 41.7 Å². The smallest absolute Gasteiger partial charge is 0.194 e. The number of hydrogen-bond acceptors (Lipinski definition) is 4. The third kappa shape index (κ3) is 6.14. The molecule has 2 saturated heterocycles. The fourth-order valence-corrected chi connectivity index (χ4v) is 5.68. The Bertz CT molecular complexity index is 426. The first-order valence-corrected chi connectivity index (χ1v) is 10.7. The molecule has 0 aromatic rings. The second-order valence-electron chi connectivity index (χ2n) is 7.46.